The lowest BCUT2D eigenvalue weighted by atomic mass is 9.79. The van der Waals surface area contributed by atoms with Gasteiger partial charge in [0.2, 0.25) is 0 Å². The van der Waals surface area contributed by atoms with Crippen molar-refractivity contribution in [1.29, 1.82) is 0 Å². The number of hydrogen-bond donors (Lipinski definition) is 2. The van der Waals surface area contributed by atoms with Gasteiger partial charge in [0, 0.05) is 11.7 Å². The van der Waals surface area contributed by atoms with Crippen LogP contribution in [0.4, 0.5) is 5.69 Å². The van der Waals surface area contributed by atoms with Crippen molar-refractivity contribution in [3.8, 4) is 0 Å². The number of hydrogen-bond acceptors (Lipinski definition) is 2. The zero-order valence-corrected chi connectivity index (χ0v) is 8.73. The van der Waals surface area contributed by atoms with Gasteiger partial charge in [0.15, 0.2) is 0 Å². The first-order valence-corrected chi connectivity index (χ1v) is 5.23. The average molecular weight is 205 g/mol. The summed E-state index contributed by atoms with van der Waals surface area (Å²) in [5.74, 6) is -0.905. The Morgan fingerprint density at radius 2 is 2.00 bits per heavy atom. The Labute approximate surface area is 89.1 Å². The fourth-order valence-electron chi connectivity index (χ4n) is 1.83. The molecule has 80 valence electrons. The monoisotopic (exact) mass is 205 g/mol. The zero-order valence-electron chi connectivity index (χ0n) is 8.73. The molecule has 0 radical (unpaired) electrons. The molecule has 1 aromatic rings. The Balaban J connectivity index is 1.97. The van der Waals surface area contributed by atoms with Crippen LogP contribution in [0.5, 0.6) is 0 Å². The molecule has 0 saturated heterocycles. The summed E-state index contributed by atoms with van der Waals surface area (Å²) in [7, 11) is 0. The van der Waals surface area contributed by atoms with Gasteiger partial charge in [-0.05, 0) is 31.9 Å². The molecule has 0 aliphatic heterocycles. The maximum Gasteiger partial charge on any atom is 0.308 e. The second-order valence-corrected chi connectivity index (χ2v) is 4.14. The van der Waals surface area contributed by atoms with Gasteiger partial charge in [-0.2, -0.15) is 0 Å². The van der Waals surface area contributed by atoms with Crippen molar-refractivity contribution in [3.05, 3.63) is 29.8 Å². The predicted molar refractivity (Wildman–Crippen MR) is 58.9 cm³/mol. The summed E-state index contributed by atoms with van der Waals surface area (Å²) in [5.41, 5.74) is 2.22. The van der Waals surface area contributed by atoms with Gasteiger partial charge >= 0.3 is 5.97 Å². The largest absolute Gasteiger partial charge is 0.481 e. The fourth-order valence-corrected chi connectivity index (χ4v) is 1.83. The van der Waals surface area contributed by atoms with Crippen LogP contribution in [0.15, 0.2) is 24.3 Å². The van der Waals surface area contributed by atoms with Crippen LogP contribution in [-0.2, 0) is 4.79 Å². The van der Waals surface area contributed by atoms with E-state index in [1.807, 2.05) is 31.2 Å². The van der Waals surface area contributed by atoms with E-state index in [4.69, 9.17) is 5.11 Å². The lowest BCUT2D eigenvalue weighted by molar-refractivity contribution is -0.144. The molecular formula is C12H15NO2. The topological polar surface area (TPSA) is 49.3 Å². The SMILES string of the molecule is Cc1ccc(NC2CCC2C(=O)O)cc1. The van der Waals surface area contributed by atoms with Crippen molar-refractivity contribution in [2.24, 2.45) is 5.92 Å². The number of carboxylic acids is 1. The number of anilines is 1. The van der Waals surface area contributed by atoms with Gasteiger partial charge in [0.05, 0.1) is 5.92 Å². The van der Waals surface area contributed by atoms with E-state index in [1.165, 1.54) is 5.56 Å². The molecule has 15 heavy (non-hydrogen) atoms. The van der Waals surface area contributed by atoms with Crippen molar-refractivity contribution in [2.75, 3.05) is 5.32 Å². The van der Waals surface area contributed by atoms with Crippen molar-refractivity contribution < 1.29 is 9.90 Å². The summed E-state index contributed by atoms with van der Waals surface area (Å²) in [4.78, 5) is 10.8. The number of carbonyl (C=O) groups is 1. The number of carboxylic acid groups (broad SMARTS) is 1. The van der Waals surface area contributed by atoms with Crippen LogP contribution in [0, 0.1) is 12.8 Å². The maximum absolute atomic E-state index is 10.8. The molecule has 1 aromatic carbocycles. The first-order chi connectivity index (χ1) is 7.16. The first kappa shape index (κ1) is 10.0. The normalized spacial score (nSPS) is 24.3. The molecule has 1 saturated carbocycles. The van der Waals surface area contributed by atoms with Gasteiger partial charge in [0.25, 0.3) is 0 Å². The summed E-state index contributed by atoms with van der Waals surface area (Å²) in [6.07, 6.45) is 1.74. The molecule has 3 nitrogen and oxygen atoms in total. The molecule has 0 heterocycles. The summed E-state index contributed by atoms with van der Waals surface area (Å²) < 4.78 is 0. The molecule has 2 unspecified atom stereocenters. The standard InChI is InChI=1S/C12H15NO2/c1-8-2-4-9(5-3-8)13-11-7-6-10(11)12(14)15/h2-5,10-11,13H,6-7H2,1H3,(H,14,15). The number of rotatable bonds is 3. The van der Waals surface area contributed by atoms with Crippen LogP contribution in [0.25, 0.3) is 0 Å². The average Bonchev–Trinajstić information content (AvgIpc) is 2.14. The van der Waals surface area contributed by atoms with E-state index in [9.17, 15) is 4.79 Å². The van der Waals surface area contributed by atoms with Gasteiger partial charge in [0.1, 0.15) is 0 Å². The molecule has 1 aliphatic carbocycles. The van der Waals surface area contributed by atoms with E-state index in [0.717, 1.165) is 18.5 Å². The lowest BCUT2D eigenvalue weighted by Gasteiger charge is -2.34. The molecule has 2 N–H and O–H groups in total. The second kappa shape index (κ2) is 3.93. The molecule has 1 fully saturated rings. The zero-order chi connectivity index (χ0) is 10.8. The lowest BCUT2D eigenvalue weighted by Crippen LogP contribution is -2.42. The third kappa shape index (κ3) is 2.12. The minimum Gasteiger partial charge on any atom is -0.481 e. The van der Waals surface area contributed by atoms with Crippen LogP contribution in [0.2, 0.25) is 0 Å². The van der Waals surface area contributed by atoms with Gasteiger partial charge in [-0.3, -0.25) is 4.79 Å². The van der Waals surface area contributed by atoms with Crippen LogP contribution >= 0.6 is 0 Å². The number of aryl methyl sites for hydroxylation is 1. The smallest absolute Gasteiger partial charge is 0.308 e. The highest BCUT2D eigenvalue weighted by molar-refractivity contribution is 5.73. The van der Waals surface area contributed by atoms with E-state index in [0.29, 0.717) is 0 Å². The highest BCUT2D eigenvalue weighted by atomic mass is 16.4. The van der Waals surface area contributed by atoms with Gasteiger partial charge in [-0.1, -0.05) is 17.7 Å². The van der Waals surface area contributed by atoms with Crippen LogP contribution < -0.4 is 5.32 Å². The minimum absolute atomic E-state index is 0.102. The summed E-state index contributed by atoms with van der Waals surface area (Å²) >= 11 is 0. The van der Waals surface area contributed by atoms with Crippen molar-refractivity contribution in [1.82, 2.24) is 0 Å². The molecule has 0 spiro atoms. The van der Waals surface area contributed by atoms with E-state index in [2.05, 4.69) is 5.32 Å². The first-order valence-electron chi connectivity index (χ1n) is 5.23. The van der Waals surface area contributed by atoms with Crippen LogP contribution in [0.3, 0.4) is 0 Å². The predicted octanol–water partition coefficient (Wildman–Crippen LogP) is 2.27. The van der Waals surface area contributed by atoms with Gasteiger partial charge < -0.3 is 10.4 Å². The Kier molecular flexibility index (Phi) is 2.62. The van der Waals surface area contributed by atoms with E-state index < -0.39 is 5.97 Å². The summed E-state index contributed by atoms with van der Waals surface area (Å²) in [6.45, 7) is 2.03. The number of benzene rings is 1. The molecule has 1 aliphatic rings. The minimum atomic E-state index is -0.689. The van der Waals surface area contributed by atoms with Crippen LogP contribution in [0.1, 0.15) is 18.4 Å². The van der Waals surface area contributed by atoms with E-state index in [-0.39, 0.29) is 12.0 Å². The van der Waals surface area contributed by atoms with Crippen molar-refractivity contribution >= 4 is 11.7 Å². The number of aliphatic carboxylic acids is 1. The molecule has 2 rings (SSSR count). The molecule has 0 bridgehead atoms. The highest BCUT2D eigenvalue weighted by Gasteiger charge is 2.36. The third-order valence-electron chi connectivity index (χ3n) is 3.00. The van der Waals surface area contributed by atoms with E-state index >= 15 is 0 Å². The molecule has 3 heteroatoms. The van der Waals surface area contributed by atoms with Crippen molar-refractivity contribution in [2.45, 2.75) is 25.8 Å². The number of nitrogens with one attached hydrogen (secondary N) is 1. The van der Waals surface area contributed by atoms with Gasteiger partial charge in [-0.25, -0.2) is 0 Å². The van der Waals surface area contributed by atoms with E-state index in [1.54, 1.807) is 0 Å². The Hall–Kier alpha value is -1.51. The maximum atomic E-state index is 10.8. The Morgan fingerprint density at radius 3 is 2.47 bits per heavy atom. The third-order valence-corrected chi connectivity index (χ3v) is 3.00. The fraction of sp³-hybridized carbons (Fsp3) is 0.417. The summed E-state index contributed by atoms with van der Waals surface area (Å²) in [5, 5.41) is 12.1. The molecule has 2 atom stereocenters. The quantitative estimate of drug-likeness (QED) is 0.795. The molecule has 0 amide bonds. The van der Waals surface area contributed by atoms with Gasteiger partial charge in [-0.15, -0.1) is 0 Å². The Bertz CT molecular complexity index is 358. The van der Waals surface area contributed by atoms with Crippen LogP contribution in [-0.4, -0.2) is 17.1 Å². The molecular weight excluding hydrogens is 190 g/mol. The highest BCUT2D eigenvalue weighted by Crippen LogP contribution is 2.30. The van der Waals surface area contributed by atoms with Crippen molar-refractivity contribution in [3.63, 3.8) is 0 Å². The Morgan fingerprint density at radius 1 is 1.33 bits per heavy atom. The summed E-state index contributed by atoms with van der Waals surface area (Å²) in [6, 6.07) is 8.14. The second-order valence-electron chi connectivity index (χ2n) is 4.14. The molecule has 0 aromatic heterocycles.